The molecule has 0 aromatic carbocycles. The Morgan fingerprint density at radius 3 is 2.00 bits per heavy atom. The molecule has 40 valence electrons. The van der Waals surface area contributed by atoms with Crippen molar-refractivity contribution in [1.29, 1.82) is 0 Å². The van der Waals surface area contributed by atoms with E-state index in [1.165, 1.54) is 10.5 Å². The van der Waals surface area contributed by atoms with Gasteiger partial charge in [0, 0.05) is 0 Å². The summed E-state index contributed by atoms with van der Waals surface area (Å²) in [5, 5.41) is 2.42. The standard InChI is InChI=1S/C4H7.CH3.BrH.Mg/c1-2-4-3-1;;;/h1H,2-4H2;1H3;1H;. The lowest BCUT2D eigenvalue weighted by atomic mass is 9.99. The molecule has 0 amide bonds. The van der Waals surface area contributed by atoms with Crippen LogP contribution in [0.5, 0.6) is 0 Å². The van der Waals surface area contributed by atoms with E-state index in [0.717, 1.165) is 0 Å². The maximum absolute atomic E-state index is 2.42. The molecule has 0 spiro atoms. The Hall–Kier alpha value is 1.25. The SMILES string of the molecule is Br.[CH3][Mg][CH]1CCC1. The average molecular weight is 175 g/mol. The molecule has 0 aromatic rings. The van der Waals surface area contributed by atoms with Crippen LogP contribution in [0.2, 0.25) is 9.10 Å². The Bertz CT molecular complexity index is 40.6. The Morgan fingerprint density at radius 2 is 2.00 bits per heavy atom. The van der Waals surface area contributed by atoms with E-state index in [-0.39, 0.29) is 17.0 Å². The van der Waals surface area contributed by atoms with Gasteiger partial charge in [0.05, 0.1) is 0 Å². The molecular weight excluding hydrogens is 164 g/mol. The van der Waals surface area contributed by atoms with Crippen LogP contribution in [0, 0.1) is 0 Å². The van der Waals surface area contributed by atoms with E-state index in [1.54, 1.807) is 12.8 Å². The second-order valence-electron chi connectivity index (χ2n) is 2.21. The maximum atomic E-state index is 2.42. The molecule has 2 heteroatoms. The first-order chi connectivity index (χ1) is 2.93. The van der Waals surface area contributed by atoms with E-state index in [9.17, 15) is 0 Å². The van der Waals surface area contributed by atoms with Gasteiger partial charge in [-0.15, -0.1) is 21.0 Å². The Morgan fingerprint density at radius 1 is 1.43 bits per heavy atom. The zero-order valence-corrected chi connectivity index (χ0v) is 7.94. The molecule has 0 atom stereocenters. The normalized spacial score (nSPS) is 19.0. The van der Waals surface area contributed by atoms with Crippen LogP contribution >= 0.6 is 17.0 Å². The van der Waals surface area contributed by atoms with E-state index in [0.29, 0.717) is 20.4 Å². The van der Waals surface area contributed by atoms with Crippen LogP contribution in [0.1, 0.15) is 19.3 Å². The monoisotopic (exact) mass is 174 g/mol. The molecule has 0 radical (unpaired) electrons. The largest absolute Gasteiger partial charge is 0.364 e. The van der Waals surface area contributed by atoms with Gasteiger partial charge < -0.3 is 0 Å². The van der Waals surface area contributed by atoms with E-state index < -0.39 is 0 Å². The molecule has 7 heavy (non-hydrogen) atoms. The highest BCUT2D eigenvalue weighted by atomic mass is 79.9. The van der Waals surface area contributed by atoms with E-state index in [1.807, 2.05) is 0 Å². The Labute approximate surface area is 65.5 Å². The van der Waals surface area contributed by atoms with Crippen LogP contribution in [0.15, 0.2) is 0 Å². The molecule has 0 bridgehead atoms. The highest BCUT2D eigenvalue weighted by Crippen LogP contribution is 2.30. The molecule has 1 fully saturated rings. The molecule has 1 aliphatic rings. The molecule has 1 aliphatic carbocycles. The van der Waals surface area contributed by atoms with Crippen LogP contribution in [-0.2, 0) is 0 Å². The van der Waals surface area contributed by atoms with Gasteiger partial charge in [0.2, 0.25) is 0 Å². The summed E-state index contributed by atoms with van der Waals surface area (Å²) in [6.45, 7) is 0. The van der Waals surface area contributed by atoms with Crippen LogP contribution in [0.3, 0.4) is 0 Å². The zero-order chi connectivity index (χ0) is 4.41. The van der Waals surface area contributed by atoms with Gasteiger partial charge in [-0.3, -0.25) is 0 Å². The molecule has 0 aromatic heterocycles. The van der Waals surface area contributed by atoms with E-state index in [2.05, 4.69) is 5.05 Å². The third kappa shape index (κ3) is 2.33. The number of halogens is 1. The van der Waals surface area contributed by atoms with Crippen LogP contribution in [0.4, 0.5) is 0 Å². The predicted octanol–water partition coefficient (Wildman–Crippen LogP) is 2.29. The predicted molar refractivity (Wildman–Crippen MR) is 39.5 cm³/mol. The number of rotatable bonds is 1. The molecule has 0 nitrogen and oxygen atoms in total. The molecule has 0 unspecified atom stereocenters. The van der Waals surface area contributed by atoms with Gasteiger partial charge in [-0.2, -0.15) is 5.05 Å². The van der Waals surface area contributed by atoms with Crippen molar-refractivity contribution < 1.29 is 0 Å². The quantitative estimate of drug-likeness (QED) is 0.536. The van der Waals surface area contributed by atoms with Crippen LogP contribution in [-0.4, -0.2) is 20.4 Å². The molecular formula is C5H11BrMg. The van der Waals surface area contributed by atoms with Crippen molar-refractivity contribution in [2.45, 2.75) is 28.4 Å². The van der Waals surface area contributed by atoms with Crippen molar-refractivity contribution in [2.24, 2.45) is 0 Å². The highest BCUT2D eigenvalue weighted by molar-refractivity contribution is 8.93. The van der Waals surface area contributed by atoms with Crippen molar-refractivity contribution in [3.63, 3.8) is 0 Å². The lowest BCUT2D eigenvalue weighted by Gasteiger charge is -2.23. The minimum Gasteiger partial charge on any atom is -0.157 e. The minimum absolute atomic E-state index is 0. The van der Waals surface area contributed by atoms with Crippen LogP contribution in [0.25, 0.3) is 0 Å². The smallest absolute Gasteiger partial charge is 0.157 e. The average Bonchev–Trinajstić information content (AvgIpc) is 1.31. The van der Waals surface area contributed by atoms with E-state index in [4.69, 9.17) is 0 Å². The van der Waals surface area contributed by atoms with Crippen molar-refractivity contribution in [2.75, 3.05) is 0 Å². The molecule has 0 heterocycles. The highest BCUT2D eigenvalue weighted by Gasteiger charge is 2.14. The summed E-state index contributed by atoms with van der Waals surface area (Å²) in [4.78, 5) is 0. The van der Waals surface area contributed by atoms with Crippen molar-refractivity contribution >= 4 is 37.3 Å². The van der Waals surface area contributed by atoms with Gasteiger partial charge in [-0.25, -0.2) is 0 Å². The molecule has 1 saturated carbocycles. The lowest BCUT2D eigenvalue weighted by Crippen LogP contribution is -2.08. The minimum atomic E-state index is 0. The summed E-state index contributed by atoms with van der Waals surface area (Å²) in [7, 11) is 0. The number of hydrogen-bond acceptors (Lipinski definition) is 0. The summed E-state index contributed by atoms with van der Waals surface area (Å²) < 4.78 is 1.25. The lowest BCUT2D eigenvalue weighted by molar-refractivity contribution is 0.499. The first-order valence-corrected chi connectivity index (χ1v) is 5.16. The van der Waals surface area contributed by atoms with Crippen molar-refractivity contribution in [3.05, 3.63) is 0 Å². The first-order valence-electron chi connectivity index (χ1n) is 2.93. The van der Waals surface area contributed by atoms with Gasteiger partial charge in [0.1, 0.15) is 0 Å². The Kier molecular flexibility index (Phi) is 4.90. The van der Waals surface area contributed by atoms with Crippen molar-refractivity contribution in [3.8, 4) is 0 Å². The topological polar surface area (TPSA) is 0 Å². The maximum Gasteiger partial charge on any atom is 0.364 e. The van der Waals surface area contributed by atoms with Crippen molar-refractivity contribution in [1.82, 2.24) is 0 Å². The fourth-order valence-electron chi connectivity index (χ4n) is 0.901. The summed E-state index contributed by atoms with van der Waals surface area (Å²) >= 11 is 0.425. The van der Waals surface area contributed by atoms with Gasteiger partial charge in [0.25, 0.3) is 0 Å². The first kappa shape index (κ1) is 8.25. The summed E-state index contributed by atoms with van der Waals surface area (Å²) in [5.41, 5.74) is 0. The zero-order valence-electron chi connectivity index (χ0n) is 4.81. The third-order valence-electron chi connectivity index (χ3n) is 1.80. The second-order valence-corrected chi connectivity index (χ2v) is 4.18. The van der Waals surface area contributed by atoms with Gasteiger partial charge in [-0.1, -0.05) is 19.3 Å². The van der Waals surface area contributed by atoms with Crippen LogP contribution < -0.4 is 0 Å². The second kappa shape index (κ2) is 4.16. The van der Waals surface area contributed by atoms with Gasteiger partial charge >= 0.3 is 20.4 Å². The van der Waals surface area contributed by atoms with Gasteiger partial charge in [-0.05, 0) is 0 Å². The van der Waals surface area contributed by atoms with Gasteiger partial charge in [0.15, 0.2) is 0 Å². The fourth-order valence-corrected chi connectivity index (χ4v) is 2.29. The summed E-state index contributed by atoms with van der Waals surface area (Å²) in [6.07, 6.45) is 4.68. The fraction of sp³-hybridized carbons (Fsp3) is 1.00. The summed E-state index contributed by atoms with van der Waals surface area (Å²) in [5.74, 6) is 0. The number of hydrogen-bond donors (Lipinski definition) is 0. The third-order valence-corrected chi connectivity index (χ3v) is 3.77. The van der Waals surface area contributed by atoms with E-state index >= 15 is 0 Å². The molecule has 0 aliphatic heterocycles. The molecule has 0 N–H and O–H groups in total. The summed E-state index contributed by atoms with van der Waals surface area (Å²) in [6, 6.07) is 0. The molecule has 1 rings (SSSR count). The Balaban J connectivity index is 0.000000360. The molecule has 0 saturated heterocycles.